The molecule has 0 amide bonds. The molecular weight excluding hydrogens is 488 g/mol. The van der Waals surface area contributed by atoms with E-state index in [1.165, 1.54) is 11.1 Å². The molecule has 0 N–H and O–H groups in total. The summed E-state index contributed by atoms with van der Waals surface area (Å²) in [5, 5.41) is 0. The van der Waals surface area contributed by atoms with Crippen LogP contribution in [-0.4, -0.2) is 19.9 Å². The Morgan fingerprint density at radius 1 is 0.700 bits per heavy atom. The number of hydrogen-bond donors (Lipinski definition) is 0. The molecule has 0 aliphatic carbocycles. The molecule has 0 aliphatic heterocycles. The third kappa shape index (κ3) is 6.29. The number of hydrogen-bond acceptors (Lipinski definition) is 4. The average Bonchev–Trinajstić information content (AvgIpc) is 3.00. The molecule has 0 fully saturated rings. The molecule has 4 heteroatoms. The van der Waals surface area contributed by atoms with Crippen LogP contribution in [0.2, 0.25) is 0 Å². The van der Waals surface area contributed by atoms with Crippen molar-refractivity contribution < 1.29 is 0 Å². The maximum atomic E-state index is 4.93. The van der Waals surface area contributed by atoms with Crippen LogP contribution in [0, 0.1) is 13.8 Å². The van der Waals surface area contributed by atoms with Crippen LogP contribution in [0.4, 0.5) is 0 Å². The minimum absolute atomic E-state index is 0.261. The van der Waals surface area contributed by atoms with Crippen LogP contribution in [0.1, 0.15) is 48.6 Å². The van der Waals surface area contributed by atoms with Crippen LogP contribution in [0.3, 0.4) is 0 Å². The first-order valence-corrected chi connectivity index (χ1v) is 13.8. The lowest BCUT2D eigenvalue weighted by molar-refractivity contribution is 0.775. The molecule has 3 aromatic carbocycles. The van der Waals surface area contributed by atoms with Crippen LogP contribution in [0.25, 0.3) is 39.7 Å². The minimum Gasteiger partial charge on any atom is -0.261 e. The zero-order chi connectivity index (χ0) is 27.9. The van der Waals surface area contributed by atoms with Crippen molar-refractivity contribution in [3.63, 3.8) is 0 Å². The topological polar surface area (TPSA) is 51.6 Å². The van der Waals surface area contributed by atoms with Gasteiger partial charge in [-0.2, -0.15) is 0 Å². The molecule has 0 saturated heterocycles. The second-order valence-electron chi connectivity index (χ2n) is 9.99. The molecule has 0 bridgehead atoms. The van der Waals surface area contributed by atoms with Gasteiger partial charge in [-0.05, 0) is 56.5 Å². The number of allylic oxidation sites excluding steroid dienone is 4. The molecular formula is C36H34N4. The molecule has 5 rings (SSSR count). The lowest BCUT2D eigenvalue weighted by Gasteiger charge is -2.11. The second-order valence-corrected chi connectivity index (χ2v) is 9.99. The van der Waals surface area contributed by atoms with E-state index in [0.717, 1.165) is 39.9 Å². The van der Waals surface area contributed by atoms with E-state index in [-0.39, 0.29) is 5.92 Å². The van der Waals surface area contributed by atoms with E-state index in [1.807, 2.05) is 18.3 Å². The SMILES string of the molecule is C/C=C(\C=C/C(CC)c1ccccn1)c1cccc(-c2nc(-c3ccc(C)cc3)nc(-c3ccc(C)cc3)n2)c1. The third-order valence-corrected chi connectivity index (χ3v) is 7.04. The van der Waals surface area contributed by atoms with Crippen LogP contribution >= 0.6 is 0 Å². The second kappa shape index (κ2) is 12.4. The van der Waals surface area contributed by atoms with Crippen molar-refractivity contribution in [1.29, 1.82) is 0 Å². The molecule has 2 aromatic heterocycles. The smallest absolute Gasteiger partial charge is 0.164 e. The highest BCUT2D eigenvalue weighted by atomic mass is 15.0. The molecule has 0 saturated carbocycles. The first-order chi connectivity index (χ1) is 19.5. The summed E-state index contributed by atoms with van der Waals surface area (Å²) in [7, 11) is 0. The molecule has 4 nitrogen and oxygen atoms in total. The van der Waals surface area contributed by atoms with Crippen molar-refractivity contribution in [2.45, 2.75) is 40.0 Å². The van der Waals surface area contributed by atoms with Crippen LogP contribution in [0.5, 0.6) is 0 Å². The standard InChI is InChI=1S/C36H34N4/c1-5-27(21-22-28(6-2)33-12-7-8-23-37-33)31-10-9-11-32(24-31)36-39-34(29-17-13-25(3)14-18-29)38-35(40-36)30-19-15-26(4)16-20-30/h5,7-24,28H,6H2,1-4H3/b22-21-,27-5+. The molecule has 40 heavy (non-hydrogen) atoms. The van der Waals surface area contributed by atoms with Gasteiger partial charge in [-0.25, -0.2) is 15.0 Å². The fraction of sp³-hybridized carbons (Fsp3) is 0.167. The number of pyridine rings is 1. The highest BCUT2D eigenvalue weighted by molar-refractivity contribution is 5.77. The normalized spacial score (nSPS) is 12.6. The lowest BCUT2D eigenvalue weighted by Crippen LogP contribution is -2.00. The van der Waals surface area contributed by atoms with Crippen molar-refractivity contribution in [2.24, 2.45) is 0 Å². The van der Waals surface area contributed by atoms with Gasteiger partial charge in [0.05, 0.1) is 0 Å². The third-order valence-electron chi connectivity index (χ3n) is 7.04. The van der Waals surface area contributed by atoms with E-state index < -0.39 is 0 Å². The number of nitrogens with zero attached hydrogens (tertiary/aromatic N) is 4. The van der Waals surface area contributed by atoms with Crippen molar-refractivity contribution in [1.82, 2.24) is 19.9 Å². The Kier molecular flexibility index (Phi) is 8.36. The van der Waals surface area contributed by atoms with E-state index in [1.54, 1.807) is 0 Å². The summed E-state index contributed by atoms with van der Waals surface area (Å²) in [4.78, 5) is 19.3. The summed E-state index contributed by atoms with van der Waals surface area (Å²) < 4.78 is 0. The van der Waals surface area contributed by atoms with Gasteiger partial charge in [0.2, 0.25) is 0 Å². The lowest BCUT2D eigenvalue weighted by atomic mass is 9.97. The van der Waals surface area contributed by atoms with Gasteiger partial charge < -0.3 is 0 Å². The molecule has 1 unspecified atom stereocenters. The molecule has 0 radical (unpaired) electrons. The molecule has 0 aliphatic rings. The highest BCUT2D eigenvalue weighted by Crippen LogP contribution is 2.28. The van der Waals surface area contributed by atoms with Crippen molar-refractivity contribution in [2.75, 3.05) is 0 Å². The van der Waals surface area contributed by atoms with Gasteiger partial charge in [-0.15, -0.1) is 0 Å². The van der Waals surface area contributed by atoms with E-state index in [9.17, 15) is 0 Å². The van der Waals surface area contributed by atoms with Gasteiger partial charge >= 0.3 is 0 Å². The summed E-state index contributed by atoms with van der Waals surface area (Å²) in [5.74, 6) is 2.25. The fourth-order valence-electron chi connectivity index (χ4n) is 4.62. The van der Waals surface area contributed by atoms with E-state index in [4.69, 9.17) is 15.0 Å². The molecule has 2 heterocycles. The van der Waals surface area contributed by atoms with Crippen molar-refractivity contribution in [3.8, 4) is 34.2 Å². The number of benzene rings is 3. The predicted molar refractivity (Wildman–Crippen MR) is 166 cm³/mol. The largest absolute Gasteiger partial charge is 0.261 e. The summed E-state index contributed by atoms with van der Waals surface area (Å²) in [6, 6.07) is 31.1. The first-order valence-electron chi connectivity index (χ1n) is 13.8. The number of aryl methyl sites for hydroxylation is 2. The highest BCUT2D eigenvalue weighted by Gasteiger charge is 2.13. The van der Waals surface area contributed by atoms with Crippen LogP contribution in [-0.2, 0) is 0 Å². The van der Waals surface area contributed by atoms with Gasteiger partial charge in [-0.3, -0.25) is 4.98 Å². The van der Waals surface area contributed by atoms with E-state index >= 15 is 0 Å². The number of rotatable bonds is 8. The average molecular weight is 523 g/mol. The van der Waals surface area contributed by atoms with Gasteiger partial charge in [0.1, 0.15) is 0 Å². The first kappa shape index (κ1) is 26.9. The summed E-state index contributed by atoms with van der Waals surface area (Å²) in [5.41, 5.74) is 8.62. The fourth-order valence-corrected chi connectivity index (χ4v) is 4.62. The maximum Gasteiger partial charge on any atom is 0.164 e. The van der Waals surface area contributed by atoms with Crippen molar-refractivity contribution >= 4 is 5.57 Å². The van der Waals surface area contributed by atoms with E-state index in [0.29, 0.717) is 17.5 Å². The molecule has 198 valence electrons. The summed E-state index contributed by atoms with van der Waals surface area (Å²) >= 11 is 0. The summed E-state index contributed by atoms with van der Waals surface area (Å²) in [6.45, 7) is 8.43. The molecule has 5 aromatic rings. The van der Waals surface area contributed by atoms with E-state index in [2.05, 4.69) is 130 Å². The van der Waals surface area contributed by atoms with Gasteiger partial charge in [0.25, 0.3) is 0 Å². The Balaban J connectivity index is 1.53. The quantitative estimate of drug-likeness (QED) is 0.191. The maximum absolute atomic E-state index is 4.93. The van der Waals surface area contributed by atoms with Gasteiger partial charge in [0, 0.05) is 34.5 Å². The van der Waals surface area contributed by atoms with Crippen LogP contribution in [0.15, 0.2) is 115 Å². The van der Waals surface area contributed by atoms with Gasteiger partial charge in [-0.1, -0.05) is 109 Å². The minimum atomic E-state index is 0.261. The van der Waals surface area contributed by atoms with Gasteiger partial charge in [0.15, 0.2) is 17.5 Å². The Morgan fingerprint density at radius 2 is 1.30 bits per heavy atom. The van der Waals surface area contributed by atoms with Crippen molar-refractivity contribution in [3.05, 3.63) is 138 Å². The monoisotopic (exact) mass is 522 g/mol. The zero-order valence-corrected chi connectivity index (χ0v) is 23.5. The van der Waals surface area contributed by atoms with Crippen LogP contribution < -0.4 is 0 Å². The molecule has 0 spiro atoms. The Morgan fingerprint density at radius 3 is 1.82 bits per heavy atom. The Bertz CT molecular complexity index is 1570. The Hall–Kier alpha value is -4.70. The molecule has 1 atom stereocenters. The number of aromatic nitrogens is 4. The zero-order valence-electron chi connectivity index (χ0n) is 23.5. The predicted octanol–water partition coefficient (Wildman–Crippen LogP) is 9.04. The summed E-state index contributed by atoms with van der Waals surface area (Å²) in [6.07, 6.45) is 9.43. The Labute approximate surface area is 237 Å².